The number of benzene rings is 3. The fourth-order valence-corrected chi connectivity index (χ4v) is 3.06. The third-order valence-electron chi connectivity index (χ3n) is 4.23. The van der Waals surface area contributed by atoms with E-state index in [1.807, 2.05) is 24.3 Å². The van der Waals surface area contributed by atoms with Gasteiger partial charge in [0.1, 0.15) is 5.75 Å². The first kappa shape index (κ1) is 15.2. The van der Waals surface area contributed by atoms with E-state index in [0.717, 1.165) is 16.7 Å². The molecule has 3 nitrogen and oxygen atoms in total. The molecule has 0 radical (unpaired) electrons. The summed E-state index contributed by atoms with van der Waals surface area (Å²) in [7, 11) is 0. The van der Waals surface area contributed by atoms with Crippen molar-refractivity contribution in [1.29, 1.82) is 0 Å². The van der Waals surface area contributed by atoms with Crippen LogP contribution in [0.25, 0.3) is 27.5 Å². The van der Waals surface area contributed by atoms with Gasteiger partial charge in [0.15, 0.2) is 0 Å². The van der Waals surface area contributed by atoms with E-state index in [0.29, 0.717) is 11.3 Å². The summed E-state index contributed by atoms with van der Waals surface area (Å²) in [5, 5.41) is 2.44. The third kappa shape index (κ3) is 2.60. The normalized spacial score (nSPS) is 10.9. The van der Waals surface area contributed by atoms with Gasteiger partial charge in [-0.1, -0.05) is 43.0 Å². The van der Waals surface area contributed by atoms with Crippen molar-refractivity contribution < 1.29 is 9.53 Å². The number of carbonyl (C=O) groups is 1. The maximum atomic E-state index is 11.6. The first-order valence-electron chi connectivity index (χ1n) is 8.11. The predicted molar refractivity (Wildman–Crippen MR) is 101 cm³/mol. The van der Waals surface area contributed by atoms with E-state index in [1.54, 1.807) is 19.1 Å². The van der Waals surface area contributed by atoms with Crippen molar-refractivity contribution in [2.45, 2.75) is 6.92 Å². The molecule has 3 heteroatoms. The number of para-hydroxylation sites is 2. The van der Waals surface area contributed by atoms with Gasteiger partial charge in [-0.25, -0.2) is 4.79 Å². The number of fused-ring (bicyclic) bond motifs is 3. The van der Waals surface area contributed by atoms with Crippen molar-refractivity contribution in [3.8, 4) is 11.4 Å². The molecule has 0 atom stereocenters. The molecule has 0 unspecified atom stereocenters. The Morgan fingerprint density at radius 1 is 0.840 bits per heavy atom. The SMILES string of the molecule is C=C(C)C(=O)Oc1ccc(-n2c3ccccc3c3ccccc32)cc1. The second-order valence-corrected chi connectivity index (χ2v) is 6.03. The summed E-state index contributed by atoms with van der Waals surface area (Å²) in [5.74, 6) is 0.0992. The Labute approximate surface area is 145 Å². The largest absolute Gasteiger partial charge is 0.423 e. The van der Waals surface area contributed by atoms with Crippen molar-refractivity contribution in [1.82, 2.24) is 4.57 Å². The number of esters is 1. The molecule has 1 heterocycles. The zero-order chi connectivity index (χ0) is 17.4. The van der Waals surface area contributed by atoms with Crippen LogP contribution in [-0.2, 0) is 4.79 Å². The quantitative estimate of drug-likeness (QED) is 0.292. The van der Waals surface area contributed by atoms with Gasteiger partial charge in [-0.2, -0.15) is 0 Å². The zero-order valence-electron chi connectivity index (χ0n) is 13.9. The van der Waals surface area contributed by atoms with Crippen LogP contribution in [0.2, 0.25) is 0 Å². The van der Waals surface area contributed by atoms with Crippen molar-refractivity contribution in [2.75, 3.05) is 0 Å². The maximum absolute atomic E-state index is 11.6. The van der Waals surface area contributed by atoms with Crippen LogP contribution in [0.5, 0.6) is 5.75 Å². The van der Waals surface area contributed by atoms with Gasteiger partial charge in [-0.05, 0) is 43.3 Å². The average molecular weight is 327 g/mol. The molecule has 4 aromatic rings. The molecular formula is C22H17NO2. The summed E-state index contributed by atoms with van der Waals surface area (Å²) < 4.78 is 7.49. The summed E-state index contributed by atoms with van der Waals surface area (Å²) in [6, 6.07) is 24.2. The Kier molecular flexibility index (Phi) is 3.62. The Morgan fingerprint density at radius 2 is 1.36 bits per heavy atom. The average Bonchev–Trinajstić information content (AvgIpc) is 2.97. The van der Waals surface area contributed by atoms with Crippen LogP contribution in [0.3, 0.4) is 0 Å². The minimum atomic E-state index is -0.412. The molecule has 1 aromatic heterocycles. The Morgan fingerprint density at radius 3 is 1.88 bits per heavy atom. The van der Waals surface area contributed by atoms with Gasteiger partial charge in [-0.15, -0.1) is 0 Å². The van der Waals surface area contributed by atoms with Crippen molar-refractivity contribution in [3.63, 3.8) is 0 Å². The van der Waals surface area contributed by atoms with Crippen LogP contribution in [0, 0.1) is 0 Å². The van der Waals surface area contributed by atoms with Crippen LogP contribution in [0.15, 0.2) is 84.9 Å². The Hall–Kier alpha value is -3.33. The van der Waals surface area contributed by atoms with Crippen molar-refractivity contribution in [3.05, 3.63) is 84.9 Å². The van der Waals surface area contributed by atoms with Crippen LogP contribution in [0.1, 0.15) is 6.92 Å². The number of hydrogen-bond acceptors (Lipinski definition) is 2. The molecule has 0 saturated heterocycles. The number of hydrogen-bond donors (Lipinski definition) is 0. The van der Waals surface area contributed by atoms with E-state index < -0.39 is 5.97 Å². The van der Waals surface area contributed by atoms with E-state index in [1.165, 1.54) is 10.8 Å². The lowest BCUT2D eigenvalue weighted by atomic mass is 10.2. The summed E-state index contributed by atoms with van der Waals surface area (Å²) in [6.45, 7) is 5.23. The number of carbonyl (C=O) groups excluding carboxylic acids is 1. The Balaban J connectivity index is 1.84. The second kappa shape index (κ2) is 5.95. The molecule has 0 amide bonds. The van der Waals surface area contributed by atoms with E-state index in [4.69, 9.17) is 4.74 Å². The minimum Gasteiger partial charge on any atom is -0.423 e. The third-order valence-corrected chi connectivity index (χ3v) is 4.23. The second-order valence-electron chi connectivity index (χ2n) is 6.03. The molecule has 0 aliphatic rings. The first-order chi connectivity index (χ1) is 12.1. The maximum Gasteiger partial charge on any atom is 0.338 e. The van der Waals surface area contributed by atoms with Crippen LogP contribution in [-0.4, -0.2) is 10.5 Å². The summed E-state index contributed by atoms with van der Waals surface area (Å²) in [4.78, 5) is 11.6. The van der Waals surface area contributed by atoms with Gasteiger partial charge in [0.05, 0.1) is 11.0 Å². The van der Waals surface area contributed by atoms with Crippen molar-refractivity contribution >= 4 is 27.8 Å². The molecule has 0 spiro atoms. The molecule has 0 N–H and O–H groups in total. The monoisotopic (exact) mass is 327 g/mol. The van der Waals surface area contributed by atoms with Gasteiger partial charge in [-0.3, -0.25) is 0 Å². The molecule has 3 aromatic carbocycles. The topological polar surface area (TPSA) is 31.2 Å². The molecule has 122 valence electrons. The smallest absolute Gasteiger partial charge is 0.338 e. The fraction of sp³-hybridized carbons (Fsp3) is 0.0455. The Bertz CT molecular complexity index is 1050. The summed E-state index contributed by atoms with van der Waals surface area (Å²) in [6.07, 6.45) is 0. The van der Waals surface area contributed by atoms with Gasteiger partial charge < -0.3 is 9.30 Å². The molecule has 0 aliphatic carbocycles. The van der Waals surface area contributed by atoms with Gasteiger partial charge in [0, 0.05) is 22.0 Å². The number of rotatable bonds is 3. The summed E-state index contributed by atoms with van der Waals surface area (Å²) >= 11 is 0. The molecule has 0 fully saturated rings. The van der Waals surface area contributed by atoms with E-state index >= 15 is 0 Å². The van der Waals surface area contributed by atoms with Crippen LogP contribution >= 0.6 is 0 Å². The molecule has 0 saturated carbocycles. The van der Waals surface area contributed by atoms with E-state index in [-0.39, 0.29) is 0 Å². The van der Waals surface area contributed by atoms with Crippen LogP contribution < -0.4 is 4.74 Å². The fourth-order valence-electron chi connectivity index (χ4n) is 3.06. The van der Waals surface area contributed by atoms with Crippen LogP contribution in [0.4, 0.5) is 0 Å². The highest BCUT2D eigenvalue weighted by atomic mass is 16.5. The number of nitrogens with zero attached hydrogens (tertiary/aromatic N) is 1. The minimum absolute atomic E-state index is 0.381. The van der Waals surface area contributed by atoms with Gasteiger partial charge in [0.25, 0.3) is 0 Å². The van der Waals surface area contributed by atoms with E-state index in [9.17, 15) is 4.79 Å². The van der Waals surface area contributed by atoms with Crippen molar-refractivity contribution in [2.24, 2.45) is 0 Å². The molecule has 0 bridgehead atoms. The van der Waals surface area contributed by atoms with E-state index in [2.05, 4.69) is 47.5 Å². The molecule has 25 heavy (non-hydrogen) atoms. The molecule has 4 rings (SSSR count). The standard InChI is InChI=1S/C22H17NO2/c1-15(2)22(24)25-17-13-11-16(12-14-17)23-20-9-5-3-7-18(20)19-8-4-6-10-21(19)23/h3-14H,1H2,2H3. The summed E-state index contributed by atoms with van der Waals surface area (Å²) in [5.41, 5.74) is 3.70. The highest BCUT2D eigenvalue weighted by Crippen LogP contribution is 2.32. The van der Waals surface area contributed by atoms with Gasteiger partial charge in [0.2, 0.25) is 0 Å². The number of ether oxygens (including phenoxy) is 1. The highest BCUT2D eigenvalue weighted by Gasteiger charge is 2.11. The molecule has 0 aliphatic heterocycles. The first-order valence-corrected chi connectivity index (χ1v) is 8.11. The highest BCUT2D eigenvalue weighted by molar-refractivity contribution is 6.09. The van der Waals surface area contributed by atoms with Gasteiger partial charge >= 0.3 is 5.97 Å². The number of aromatic nitrogens is 1. The lowest BCUT2D eigenvalue weighted by Crippen LogP contribution is -2.08. The lowest BCUT2D eigenvalue weighted by Gasteiger charge is -2.09. The lowest BCUT2D eigenvalue weighted by molar-refractivity contribution is -0.130. The predicted octanol–water partition coefficient (Wildman–Crippen LogP) is 5.27. The zero-order valence-corrected chi connectivity index (χ0v) is 13.9. The molecular weight excluding hydrogens is 310 g/mol.